The van der Waals surface area contributed by atoms with E-state index in [1.807, 2.05) is 0 Å². The number of aromatic nitrogens is 2. The van der Waals surface area contributed by atoms with Crippen LogP contribution in [0, 0.1) is 0 Å². The minimum atomic E-state index is -3.95. The number of nitrogens with two attached hydrogens (primary N) is 2. The first-order valence-electron chi connectivity index (χ1n) is 6.79. The maximum Gasteiger partial charge on any atom is 0.404 e. The number of anilines is 2. The zero-order chi connectivity index (χ0) is 17.1. The van der Waals surface area contributed by atoms with Crippen molar-refractivity contribution < 1.29 is 28.4 Å². The summed E-state index contributed by atoms with van der Waals surface area (Å²) in [6, 6.07) is 0. The summed E-state index contributed by atoms with van der Waals surface area (Å²) in [6.45, 7) is -0.157. The van der Waals surface area contributed by atoms with E-state index in [-0.39, 0.29) is 24.1 Å². The van der Waals surface area contributed by atoms with Crippen LogP contribution in [0.25, 0.3) is 0 Å². The first-order valence-corrected chi connectivity index (χ1v) is 8.25. The van der Waals surface area contributed by atoms with Crippen LogP contribution in [-0.2, 0) is 18.4 Å². The number of rotatable bonds is 2. The number of phosphoric ester groups is 1. The number of fused-ring (bicyclic) bond motifs is 2. The zero-order valence-electron chi connectivity index (χ0n) is 11.9. The molecule has 0 spiro atoms. The smallest absolute Gasteiger partial charge is 0.404 e. The number of aromatic amines is 1. The SMILES string of the molecule is NO[P+]1([O-])OC[C@H]2O[C@@H](N3C=[N+]c4c3nc(N)[nH]c4=O)[C@H](O)[C@@H]2O1. The molecule has 0 saturated carbocycles. The Morgan fingerprint density at radius 2 is 2.42 bits per heavy atom. The third-order valence-corrected chi connectivity index (χ3v) is 5.04. The summed E-state index contributed by atoms with van der Waals surface area (Å²) < 4.78 is 19.9. The van der Waals surface area contributed by atoms with Gasteiger partial charge in [-0.25, -0.2) is 0 Å². The van der Waals surface area contributed by atoms with Crippen LogP contribution in [0.1, 0.15) is 0 Å². The van der Waals surface area contributed by atoms with Crippen LogP contribution in [0.5, 0.6) is 0 Å². The van der Waals surface area contributed by atoms with Crippen LogP contribution >= 0.6 is 8.17 Å². The topological polar surface area (TPSA) is 195 Å². The first kappa shape index (κ1) is 15.8. The van der Waals surface area contributed by atoms with Crippen molar-refractivity contribution in [2.45, 2.75) is 24.5 Å². The van der Waals surface area contributed by atoms with Gasteiger partial charge in [0.25, 0.3) is 12.2 Å². The molecule has 0 bridgehead atoms. The number of ether oxygens (including phenoxy) is 1. The Bertz CT molecular complexity index is 760. The molecular weight excluding hydrogens is 347 g/mol. The summed E-state index contributed by atoms with van der Waals surface area (Å²) in [4.78, 5) is 35.3. The number of aliphatic hydroxyl groups excluding tert-OH is 1. The number of nitrogens with one attached hydrogen (secondary N) is 1. The highest BCUT2D eigenvalue weighted by atomic mass is 31.2. The minimum absolute atomic E-state index is 0.0306. The Labute approximate surface area is 134 Å². The average molecular weight is 360 g/mol. The highest BCUT2D eigenvalue weighted by molar-refractivity contribution is 7.54. The van der Waals surface area contributed by atoms with Crippen molar-refractivity contribution >= 4 is 32.0 Å². The fourth-order valence-electron chi connectivity index (χ4n) is 2.74. The summed E-state index contributed by atoms with van der Waals surface area (Å²) in [5, 5.41) is 10.5. The normalized spacial score (nSPS) is 37.5. The van der Waals surface area contributed by atoms with E-state index in [0.29, 0.717) is 0 Å². The van der Waals surface area contributed by atoms with Gasteiger partial charge in [-0.05, 0) is 4.99 Å². The van der Waals surface area contributed by atoms with Crippen LogP contribution in [0.3, 0.4) is 0 Å². The molecule has 0 amide bonds. The van der Waals surface area contributed by atoms with Crippen LogP contribution in [0.2, 0.25) is 0 Å². The maximum atomic E-state index is 11.9. The molecule has 4 rings (SSSR count). The molecule has 1 aromatic heterocycles. The summed E-state index contributed by atoms with van der Waals surface area (Å²) in [5.74, 6) is 4.90. The van der Waals surface area contributed by atoms with E-state index in [2.05, 4.69) is 19.6 Å². The Morgan fingerprint density at radius 3 is 3.17 bits per heavy atom. The van der Waals surface area contributed by atoms with Crippen molar-refractivity contribution in [1.82, 2.24) is 15.0 Å². The molecule has 13 nitrogen and oxygen atoms in total. The second kappa shape index (κ2) is 5.40. The van der Waals surface area contributed by atoms with Crippen LogP contribution in [-0.4, -0.2) is 52.6 Å². The summed E-state index contributed by atoms with van der Waals surface area (Å²) in [7, 11) is -3.95. The van der Waals surface area contributed by atoms with E-state index in [1.165, 1.54) is 11.2 Å². The Hall–Kier alpha value is -1.70. The molecule has 3 aliphatic rings. The lowest BCUT2D eigenvalue weighted by atomic mass is 10.1. The van der Waals surface area contributed by atoms with Gasteiger partial charge in [-0.15, -0.1) is 0 Å². The van der Waals surface area contributed by atoms with Gasteiger partial charge in [-0.1, -0.05) is 4.62 Å². The third-order valence-electron chi connectivity index (χ3n) is 3.81. The fourth-order valence-corrected chi connectivity index (χ4v) is 3.80. The van der Waals surface area contributed by atoms with Gasteiger partial charge in [0.05, 0.1) is 0 Å². The molecule has 1 radical (unpaired) electrons. The Balaban J connectivity index is 1.62. The molecule has 1 unspecified atom stereocenters. The molecule has 3 aliphatic heterocycles. The lowest BCUT2D eigenvalue weighted by Gasteiger charge is -2.32. The molecular formula is C10H13N6O7P+. The number of hydrogen-bond acceptors (Lipinski definition) is 12. The standard InChI is InChI=1S/C10H13N6O7P/c11-10-14-7-4(8(18)15-10)13-2-16(7)9-5(17)6-3(21-9)1-20-24(19,22-6)23-12/h2-3,5-6,9,17H,1,12H2,(H3,11,14,15,18)/q+1/t3-,5-,6-,9-,24?/m1/s1. The van der Waals surface area contributed by atoms with E-state index in [9.17, 15) is 14.8 Å². The van der Waals surface area contributed by atoms with Gasteiger partial charge >= 0.3 is 19.4 Å². The van der Waals surface area contributed by atoms with Crippen molar-refractivity contribution in [2.75, 3.05) is 17.2 Å². The fraction of sp³-hybridized carbons (Fsp3) is 0.500. The molecule has 24 heavy (non-hydrogen) atoms. The van der Waals surface area contributed by atoms with E-state index >= 15 is 0 Å². The van der Waals surface area contributed by atoms with Crippen molar-refractivity contribution in [1.29, 1.82) is 0 Å². The Kier molecular flexibility index (Phi) is 3.56. The molecule has 2 saturated heterocycles. The van der Waals surface area contributed by atoms with E-state index < -0.39 is 38.3 Å². The predicted octanol–water partition coefficient (Wildman–Crippen LogP) is -3.40. The number of aliphatic imine (C=N–C) groups is 1. The van der Waals surface area contributed by atoms with Crippen LogP contribution in [0.4, 0.5) is 17.5 Å². The molecule has 0 aliphatic carbocycles. The quantitative estimate of drug-likeness (QED) is 0.303. The van der Waals surface area contributed by atoms with Crippen molar-refractivity contribution in [2.24, 2.45) is 5.90 Å². The summed E-state index contributed by atoms with van der Waals surface area (Å²) in [6.07, 6.45) is -2.72. The van der Waals surface area contributed by atoms with Gasteiger partial charge in [0.15, 0.2) is 12.2 Å². The second-order valence-electron chi connectivity index (χ2n) is 5.25. The maximum absolute atomic E-state index is 11.9. The summed E-state index contributed by atoms with van der Waals surface area (Å²) in [5.41, 5.74) is 5.04. The molecule has 1 aromatic rings. The number of nitrogen functional groups attached to an aromatic ring is 1. The van der Waals surface area contributed by atoms with Gasteiger partial charge in [-0.3, -0.25) is 9.78 Å². The number of nitrogens with zero attached hydrogens (tertiary/aromatic N) is 3. The van der Waals surface area contributed by atoms with Gasteiger partial charge in [0, 0.05) is 0 Å². The average Bonchev–Trinajstić information content (AvgIpc) is 3.09. The molecule has 5 atom stereocenters. The predicted molar refractivity (Wildman–Crippen MR) is 77.3 cm³/mol. The number of aliphatic hydroxyl groups is 1. The van der Waals surface area contributed by atoms with Crippen molar-refractivity contribution in [3.8, 4) is 0 Å². The zero-order valence-corrected chi connectivity index (χ0v) is 12.8. The van der Waals surface area contributed by atoms with E-state index in [4.69, 9.17) is 25.4 Å². The largest absolute Gasteiger partial charge is 0.604 e. The lowest BCUT2D eigenvalue weighted by molar-refractivity contribution is -0.269. The van der Waals surface area contributed by atoms with Gasteiger partial charge in [-0.2, -0.15) is 24.8 Å². The highest BCUT2D eigenvalue weighted by Crippen LogP contribution is 2.58. The van der Waals surface area contributed by atoms with Crippen LogP contribution in [0.15, 0.2) is 4.79 Å². The molecule has 14 heteroatoms. The van der Waals surface area contributed by atoms with Crippen molar-refractivity contribution in [3.63, 3.8) is 0 Å². The monoisotopic (exact) mass is 360 g/mol. The molecule has 129 valence electrons. The number of phosphoric acid groups is 1. The molecule has 2 fully saturated rings. The number of H-pyrrole nitrogens is 1. The van der Waals surface area contributed by atoms with Crippen molar-refractivity contribution in [3.05, 3.63) is 10.4 Å². The minimum Gasteiger partial charge on any atom is -0.604 e. The highest BCUT2D eigenvalue weighted by Gasteiger charge is 2.60. The number of hydrogen-bond donors (Lipinski definition) is 4. The van der Waals surface area contributed by atoms with E-state index in [0.717, 1.165) is 0 Å². The molecule has 6 N–H and O–H groups in total. The van der Waals surface area contributed by atoms with Gasteiger partial charge < -0.3 is 20.5 Å². The van der Waals surface area contributed by atoms with E-state index in [1.54, 1.807) is 0 Å². The van der Waals surface area contributed by atoms with Crippen LogP contribution < -0.4 is 32.0 Å². The molecule has 4 heterocycles. The lowest BCUT2D eigenvalue weighted by Crippen LogP contribution is -2.46. The van der Waals surface area contributed by atoms with Gasteiger partial charge in [0.1, 0.15) is 12.7 Å². The van der Waals surface area contributed by atoms with Gasteiger partial charge in [0.2, 0.25) is 12.2 Å². The summed E-state index contributed by atoms with van der Waals surface area (Å²) >= 11 is 0. The Morgan fingerprint density at radius 1 is 1.62 bits per heavy atom. The third kappa shape index (κ3) is 2.30. The molecule has 0 aromatic carbocycles. The second-order valence-corrected chi connectivity index (χ2v) is 6.82. The first-order chi connectivity index (χ1) is 11.4.